The first-order valence-corrected chi connectivity index (χ1v) is 7.25. The number of benzene rings is 1. The van der Waals surface area contributed by atoms with Crippen LogP contribution in [0.5, 0.6) is 17.4 Å². The molecule has 0 atom stereocenters. The number of aromatic nitrogens is 1. The van der Waals surface area contributed by atoms with E-state index in [1.54, 1.807) is 7.11 Å². The lowest BCUT2D eigenvalue weighted by atomic mass is 10.1. The monoisotopic (exact) mass is 355 g/mol. The number of pyridine rings is 1. The second-order valence-electron chi connectivity index (χ2n) is 4.55. The number of hydrogen-bond acceptors (Lipinski definition) is 3. The highest BCUT2D eigenvalue weighted by atomic mass is 79.9. The van der Waals surface area contributed by atoms with Crippen LogP contribution in [-0.4, -0.2) is 12.1 Å². The molecule has 1 heterocycles. The quantitative estimate of drug-likeness (QED) is 0.755. The molecule has 1 aromatic carbocycles. The third-order valence-electron chi connectivity index (χ3n) is 2.85. The summed E-state index contributed by atoms with van der Waals surface area (Å²) in [6.45, 7) is 5.80. The summed E-state index contributed by atoms with van der Waals surface area (Å²) in [5.74, 6) is 1.76. The van der Waals surface area contributed by atoms with Crippen molar-refractivity contribution in [3.63, 3.8) is 0 Å². The van der Waals surface area contributed by atoms with Crippen LogP contribution in [0.1, 0.15) is 16.8 Å². The molecule has 0 spiro atoms. The molecule has 0 aliphatic rings. The highest BCUT2D eigenvalue weighted by Gasteiger charge is 2.15. The third kappa shape index (κ3) is 3.07. The van der Waals surface area contributed by atoms with Crippen molar-refractivity contribution in [2.45, 2.75) is 20.8 Å². The van der Waals surface area contributed by atoms with Crippen molar-refractivity contribution in [2.75, 3.05) is 7.11 Å². The molecule has 0 saturated carbocycles. The van der Waals surface area contributed by atoms with E-state index in [2.05, 4.69) is 20.9 Å². The van der Waals surface area contributed by atoms with Crippen LogP contribution in [-0.2, 0) is 0 Å². The lowest BCUT2D eigenvalue weighted by molar-refractivity contribution is 0.365. The van der Waals surface area contributed by atoms with Crippen LogP contribution in [0.4, 0.5) is 0 Å². The van der Waals surface area contributed by atoms with Gasteiger partial charge in [0.05, 0.1) is 11.6 Å². The predicted molar refractivity (Wildman–Crippen MR) is 84.2 cm³/mol. The lowest BCUT2D eigenvalue weighted by Crippen LogP contribution is -1.98. The van der Waals surface area contributed by atoms with Gasteiger partial charge in [-0.25, -0.2) is 4.98 Å². The van der Waals surface area contributed by atoms with Gasteiger partial charge in [0, 0.05) is 10.7 Å². The van der Waals surface area contributed by atoms with E-state index in [1.807, 2.05) is 39.0 Å². The van der Waals surface area contributed by atoms with E-state index >= 15 is 0 Å². The smallest absolute Gasteiger partial charge is 0.263 e. The molecule has 106 valence electrons. The highest BCUT2D eigenvalue weighted by Crippen LogP contribution is 2.39. The summed E-state index contributed by atoms with van der Waals surface area (Å²) in [7, 11) is 1.59. The van der Waals surface area contributed by atoms with Crippen molar-refractivity contribution in [2.24, 2.45) is 0 Å². The van der Waals surface area contributed by atoms with Crippen LogP contribution in [0.3, 0.4) is 0 Å². The molecule has 0 N–H and O–H groups in total. The van der Waals surface area contributed by atoms with Crippen LogP contribution in [0.2, 0.25) is 5.02 Å². The van der Waals surface area contributed by atoms with Gasteiger partial charge in [0.25, 0.3) is 5.88 Å². The highest BCUT2D eigenvalue weighted by molar-refractivity contribution is 9.10. The third-order valence-corrected chi connectivity index (χ3v) is 3.66. The number of aryl methyl sites for hydroxylation is 3. The van der Waals surface area contributed by atoms with E-state index in [-0.39, 0.29) is 0 Å². The summed E-state index contributed by atoms with van der Waals surface area (Å²) < 4.78 is 12.1. The molecule has 3 nitrogen and oxygen atoms in total. The zero-order chi connectivity index (χ0) is 14.9. The molecule has 0 saturated heterocycles. The van der Waals surface area contributed by atoms with Crippen molar-refractivity contribution in [1.82, 2.24) is 4.98 Å². The summed E-state index contributed by atoms with van der Waals surface area (Å²) in [6.07, 6.45) is 0. The maximum absolute atomic E-state index is 6.03. The first-order chi connectivity index (χ1) is 9.42. The van der Waals surface area contributed by atoms with E-state index in [4.69, 9.17) is 21.1 Å². The van der Waals surface area contributed by atoms with Gasteiger partial charge >= 0.3 is 0 Å². The molecule has 2 aromatic rings. The molecule has 0 aliphatic heterocycles. The standard InChI is InChI=1S/C15H15BrClNO2/c1-8-5-11(17)6-9(2)13(8)20-15-14(19-4)12(16)7-10(3)18-15/h5-7H,1-4H3. The average Bonchev–Trinajstić information content (AvgIpc) is 2.33. The van der Waals surface area contributed by atoms with Crippen LogP contribution < -0.4 is 9.47 Å². The Labute approximate surface area is 132 Å². The lowest BCUT2D eigenvalue weighted by Gasteiger charge is -2.15. The van der Waals surface area contributed by atoms with E-state index in [1.165, 1.54) is 0 Å². The molecule has 0 aliphatic carbocycles. The Morgan fingerprint density at radius 3 is 2.20 bits per heavy atom. The Hall–Kier alpha value is -1.26. The van der Waals surface area contributed by atoms with Crippen molar-refractivity contribution >= 4 is 27.5 Å². The molecule has 0 amide bonds. The normalized spacial score (nSPS) is 10.5. The van der Waals surface area contributed by atoms with Crippen molar-refractivity contribution in [3.8, 4) is 17.4 Å². The second kappa shape index (κ2) is 6.02. The fraction of sp³-hybridized carbons (Fsp3) is 0.267. The largest absolute Gasteiger partial charge is 0.490 e. The summed E-state index contributed by atoms with van der Waals surface area (Å²) in [4.78, 5) is 4.39. The molecule has 0 fully saturated rings. The van der Waals surface area contributed by atoms with E-state index in [9.17, 15) is 0 Å². The molecular formula is C15H15BrClNO2. The van der Waals surface area contributed by atoms with E-state index in [0.717, 1.165) is 27.0 Å². The molecule has 2 rings (SSSR count). The zero-order valence-corrected chi connectivity index (χ0v) is 14.1. The minimum absolute atomic E-state index is 0.438. The maximum atomic E-state index is 6.03. The molecular weight excluding hydrogens is 342 g/mol. The van der Waals surface area contributed by atoms with E-state index < -0.39 is 0 Å². The maximum Gasteiger partial charge on any atom is 0.263 e. The van der Waals surface area contributed by atoms with Gasteiger partial charge in [-0.2, -0.15) is 0 Å². The fourth-order valence-electron chi connectivity index (χ4n) is 2.00. The van der Waals surface area contributed by atoms with Gasteiger partial charge < -0.3 is 9.47 Å². The summed E-state index contributed by atoms with van der Waals surface area (Å²) in [5.41, 5.74) is 2.75. The number of ether oxygens (including phenoxy) is 2. The average molecular weight is 357 g/mol. The number of methoxy groups -OCH3 is 1. The number of nitrogens with zero attached hydrogens (tertiary/aromatic N) is 1. The number of hydrogen-bond donors (Lipinski definition) is 0. The Morgan fingerprint density at radius 2 is 1.65 bits per heavy atom. The first kappa shape index (κ1) is 15.1. The summed E-state index contributed by atoms with van der Waals surface area (Å²) in [5, 5.41) is 0.692. The summed E-state index contributed by atoms with van der Waals surface area (Å²) in [6, 6.07) is 5.61. The number of rotatable bonds is 3. The summed E-state index contributed by atoms with van der Waals surface area (Å²) >= 11 is 9.48. The van der Waals surface area contributed by atoms with Gasteiger partial charge in [-0.15, -0.1) is 0 Å². The van der Waals surface area contributed by atoms with Crippen LogP contribution in [0, 0.1) is 20.8 Å². The van der Waals surface area contributed by atoms with Gasteiger partial charge in [0.1, 0.15) is 5.75 Å². The van der Waals surface area contributed by atoms with Crippen molar-refractivity contribution < 1.29 is 9.47 Å². The van der Waals surface area contributed by atoms with Crippen molar-refractivity contribution in [3.05, 3.63) is 44.5 Å². The Balaban J connectivity index is 2.50. The predicted octanol–water partition coefficient (Wildman–Crippen LogP) is 5.22. The van der Waals surface area contributed by atoms with Crippen LogP contribution in [0.25, 0.3) is 0 Å². The minimum Gasteiger partial charge on any atom is -0.490 e. The molecule has 0 bridgehead atoms. The van der Waals surface area contributed by atoms with Crippen LogP contribution in [0.15, 0.2) is 22.7 Å². The molecule has 20 heavy (non-hydrogen) atoms. The second-order valence-corrected chi connectivity index (χ2v) is 5.85. The topological polar surface area (TPSA) is 31.4 Å². The van der Waals surface area contributed by atoms with Crippen LogP contribution >= 0.6 is 27.5 Å². The molecule has 0 radical (unpaired) electrons. The SMILES string of the molecule is COc1c(Br)cc(C)nc1Oc1c(C)cc(Cl)cc1C. The van der Waals surface area contributed by atoms with Gasteiger partial charge in [0.2, 0.25) is 0 Å². The first-order valence-electron chi connectivity index (χ1n) is 6.08. The van der Waals surface area contributed by atoms with Gasteiger partial charge in [-0.05, 0) is 66.0 Å². The molecule has 0 unspecified atom stereocenters. The van der Waals surface area contributed by atoms with Crippen molar-refractivity contribution in [1.29, 1.82) is 0 Å². The molecule has 5 heteroatoms. The Kier molecular flexibility index (Phi) is 4.55. The minimum atomic E-state index is 0.438. The Morgan fingerprint density at radius 1 is 1.05 bits per heavy atom. The van der Waals surface area contributed by atoms with E-state index in [0.29, 0.717) is 16.7 Å². The number of halogens is 2. The fourth-order valence-corrected chi connectivity index (χ4v) is 2.99. The zero-order valence-electron chi connectivity index (χ0n) is 11.8. The van der Waals surface area contributed by atoms with Gasteiger partial charge in [-0.1, -0.05) is 11.6 Å². The Bertz CT molecular complexity index is 636. The van der Waals surface area contributed by atoms with Gasteiger partial charge in [0.15, 0.2) is 5.75 Å². The van der Waals surface area contributed by atoms with Gasteiger partial charge in [-0.3, -0.25) is 0 Å². The molecule has 1 aromatic heterocycles.